The lowest BCUT2D eigenvalue weighted by Gasteiger charge is -2.07. The van der Waals surface area contributed by atoms with E-state index < -0.39 is 4.92 Å². The zero-order valence-electron chi connectivity index (χ0n) is 11.0. The standard InChI is InChI=1S/C13H15N5O2/c1-2-3-9-4-6-10(7-5-9)16-12-11(18(19)20)8-15-13(14)17-12/h4-8H,2-3H2,1H3,(H3,14,15,16,17). The van der Waals surface area contributed by atoms with Crippen molar-refractivity contribution >= 4 is 23.1 Å². The molecule has 0 aliphatic heterocycles. The van der Waals surface area contributed by atoms with Crippen molar-refractivity contribution in [3.05, 3.63) is 46.1 Å². The number of nitrogens with two attached hydrogens (primary N) is 1. The molecule has 2 aromatic rings. The molecule has 0 atom stereocenters. The summed E-state index contributed by atoms with van der Waals surface area (Å²) in [5.41, 5.74) is 7.18. The van der Waals surface area contributed by atoms with Crippen LogP contribution >= 0.6 is 0 Å². The van der Waals surface area contributed by atoms with Crippen LogP contribution in [0.5, 0.6) is 0 Å². The van der Waals surface area contributed by atoms with Crippen molar-refractivity contribution < 1.29 is 4.92 Å². The molecule has 0 unspecified atom stereocenters. The molecule has 7 heteroatoms. The Morgan fingerprint density at radius 2 is 2.05 bits per heavy atom. The van der Waals surface area contributed by atoms with Gasteiger partial charge >= 0.3 is 5.69 Å². The van der Waals surface area contributed by atoms with Crippen LogP contribution in [0.2, 0.25) is 0 Å². The molecular weight excluding hydrogens is 258 g/mol. The molecule has 1 aromatic carbocycles. The summed E-state index contributed by atoms with van der Waals surface area (Å²) < 4.78 is 0. The number of hydrogen-bond donors (Lipinski definition) is 2. The van der Waals surface area contributed by atoms with Gasteiger partial charge in [0.05, 0.1) is 4.92 Å². The lowest BCUT2D eigenvalue weighted by molar-refractivity contribution is -0.384. The molecule has 20 heavy (non-hydrogen) atoms. The molecule has 0 aliphatic carbocycles. The SMILES string of the molecule is CCCc1ccc(Nc2nc(N)ncc2[N+](=O)[O-])cc1. The van der Waals surface area contributed by atoms with E-state index in [4.69, 9.17) is 5.73 Å². The Hall–Kier alpha value is -2.70. The molecule has 0 spiro atoms. The Balaban J connectivity index is 2.25. The Labute approximate surface area is 116 Å². The van der Waals surface area contributed by atoms with Gasteiger partial charge in [-0.25, -0.2) is 4.98 Å². The largest absolute Gasteiger partial charge is 0.368 e. The van der Waals surface area contributed by atoms with E-state index in [0.29, 0.717) is 5.69 Å². The van der Waals surface area contributed by atoms with Gasteiger partial charge in [0.2, 0.25) is 11.8 Å². The Bertz CT molecular complexity index is 613. The van der Waals surface area contributed by atoms with Gasteiger partial charge in [-0.15, -0.1) is 0 Å². The molecule has 0 saturated carbocycles. The van der Waals surface area contributed by atoms with Gasteiger partial charge in [-0.05, 0) is 24.1 Å². The van der Waals surface area contributed by atoms with E-state index in [1.165, 1.54) is 5.56 Å². The zero-order valence-corrected chi connectivity index (χ0v) is 11.0. The number of benzene rings is 1. The molecule has 0 bridgehead atoms. The van der Waals surface area contributed by atoms with Gasteiger partial charge in [0.25, 0.3) is 0 Å². The molecule has 1 heterocycles. The maximum atomic E-state index is 10.9. The number of nitro groups is 1. The maximum Gasteiger partial charge on any atom is 0.329 e. The molecule has 1 aromatic heterocycles. The summed E-state index contributed by atoms with van der Waals surface area (Å²) in [7, 11) is 0. The number of nitrogens with zero attached hydrogens (tertiary/aromatic N) is 3. The summed E-state index contributed by atoms with van der Waals surface area (Å²) in [6.45, 7) is 2.11. The lowest BCUT2D eigenvalue weighted by atomic mass is 10.1. The van der Waals surface area contributed by atoms with Gasteiger partial charge < -0.3 is 11.1 Å². The Morgan fingerprint density at radius 3 is 2.65 bits per heavy atom. The predicted molar refractivity (Wildman–Crippen MR) is 76.8 cm³/mol. The monoisotopic (exact) mass is 273 g/mol. The highest BCUT2D eigenvalue weighted by Crippen LogP contribution is 2.25. The van der Waals surface area contributed by atoms with Gasteiger partial charge in [-0.1, -0.05) is 25.5 Å². The van der Waals surface area contributed by atoms with E-state index >= 15 is 0 Å². The van der Waals surface area contributed by atoms with E-state index in [1.807, 2.05) is 24.3 Å². The second kappa shape index (κ2) is 5.96. The first-order chi connectivity index (χ1) is 9.60. The first-order valence-electron chi connectivity index (χ1n) is 6.23. The van der Waals surface area contributed by atoms with Crippen molar-refractivity contribution in [2.45, 2.75) is 19.8 Å². The van der Waals surface area contributed by atoms with Crippen LogP contribution < -0.4 is 11.1 Å². The number of aromatic nitrogens is 2. The summed E-state index contributed by atoms with van der Waals surface area (Å²) in [5.74, 6) is 0.0754. The van der Waals surface area contributed by atoms with Gasteiger partial charge in [0.15, 0.2) is 0 Å². The van der Waals surface area contributed by atoms with Gasteiger partial charge in [-0.3, -0.25) is 10.1 Å². The number of hydrogen-bond acceptors (Lipinski definition) is 6. The summed E-state index contributed by atoms with van der Waals surface area (Å²) in [4.78, 5) is 17.8. The minimum absolute atomic E-state index is 0.0132. The fourth-order valence-corrected chi connectivity index (χ4v) is 1.79. The van der Waals surface area contributed by atoms with E-state index in [0.717, 1.165) is 19.0 Å². The molecule has 2 rings (SSSR count). The van der Waals surface area contributed by atoms with Gasteiger partial charge in [0, 0.05) is 5.69 Å². The average Bonchev–Trinajstić information content (AvgIpc) is 2.41. The third-order valence-electron chi connectivity index (χ3n) is 2.74. The molecule has 0 aliphatic rings. The number of rotatable bonds is 5. The maximum absolute atomic E-state index is 10.9. The van der Waals surface area contributed by atoms with Crippen molar-refractivity contribution in [3.63, 3.8) is 0 Å². The molecule has 0 radical (unpaired) electrons. The predicted octanol–water partition coefficient (Wildman–Crippen LogP) is 2.66. The lowest BCUT2D eigenvalue weighted by Crippen LogP contribution is -2.04. The van der Waals surface area contributed by atoms with Crippen LogP contribution in [0.15, 0.2) is 30.5 Å². The van der Waals surface area contributed by atoms with Crippen molar-refractivity contribution in [1.29, 1.82) is 0 Å². The van der Waals surface area contributed by atoms with Crippen LogP contribution in [0.25, 0.3) is 0 Å². The first-order valence-corrected chi connectivity index (χ1v) is 6.23. The Morgan fingerprint density at radius 1 is 1.35 bits per heavy atom. The summed E-state index contributed by atoms with van der Waals surface area (Å²) in [5, 5.41) is 13.8. The van der Waals surface area contributed by atoms with Crippen LogP contribution in [0, 0.1) is 10.1 Å². The second-order valence-electron chi connectivity index (χ2n) is 4.29. The highest BCUT2D eigenvalue weighted by molar-refractivity contribution is 5.65. The number of nitrogens with one attached hydrogen (secondary N) is 1. The summed E-state index contributed by atoms with van der Waals surface area (Å²) in [6.07, 6.45) is 3.16. The molecular formula is C13H15N5O2. The molecule has 3 N–H and O–H groups in total. The minimum Gasteiger partial charge on any atom is -0.368 e. The number of anilines is 3. The number of aryl methyl sites for hydroxylation is 1. The van der Waals surface area contributed by atoms with Crippen LogP contribution in [-0.4, -0.2) is 14.9 Å². The minimum atomic E-state index is -0.548. The van der Waals surface area contributed by atoms with Crippen LogP contribution in [0.4, 0.5) is 23.1 Å². The quantitative estimate of drug-likeness (QED) is 0.640. The fraction of sp³-hybridized carbons (Fsp3) is 0.231. The molecule has 0 amide bonds. The second-order valence-corrected chi connectivity index (χ2v) is 4.29. The number of nitrogen functional groups attached to an aromatic ring is 1. The third kappa shape index (κ3) is 3.19. The van der Waals surface area contributed by atoms with E-state index in [2.05, 4.69) is 22.2 Å². The van der Waals surface area contributed by atoms with Crippen LogP contribution in [0.1, 0.15) is 18.9 Å². The average molecular weight is 273 g/mol. The van der Waals surface area contributed by atoms with Crippen molar-refractivity contribution in [2.24, 2.45) is 0 Å². The summed E-state index contributed by atoms with van der Waals surface area (Å²) in [6, 6.07) is 7.66. The van der Waals surface area contributed by atoms with Crippen molar-refractivity contribution in [1.82, 2.24) is 9.97 Å². The van der Waals surface area contributed by atoms with Gasteiger partial charge in [-0.2, -0.15) is 4.98 Å². The molecule has 104 valence electrons. The zero-order chi connectivity index (χ0) is 14.5. The van der Waals surface area contributed by atoms with Gasteiger partial charge in [0.1, 0.15) is 6.20 Å². The van der Waals surface area contributed by atoms with Crippen molar-refractivity contribution in [2.75, 3.05) is 11.1 Å². The molecule has 7 nitrogen and oxygen atoms in total. The van der Waals surface area contributed by atoms with E-state index in [9.17, 15) is 10.1 Å². The molecule has 0 fully saturated rings. The van der Waals surface area contributed by atoms with E-state index in [-0.39, 0.29) is 17.5 Å². The smallest absolute Gasteiger partial charge is 0.329 e. The van der Waals surface area contributed by atoms with E-state index in [1.54, 1.807) is 0 Å². The highest BCUT2D eigenvalue weighted by Gasteiger charge is 2.16. The highest BCUT2D eigenvalue weighted by atomic mass is 16.6. The van der Waals surface area contributed by atoms with Crippen LogP contribution in [0.3, 0.4) is 0 Å². The molecule has 0 saturated heterocycles. The topological polar surface area (TPSA) is 107 Å². The normalized spacial score (nSPS) is 10.2. The first kappa shape index (κ1) is 13.7. The van der Waals surface area contributed by atoms with Crippen LogP contribution in [-0.2, 0) is 6.42 Å². The Kier molecular flexibility index (Phi) is 4.09. The summed E-state index contributed by atoms with van der Waals surface area (Å²) >= 11 is 0. The third-order valence-corrected chi connectivity index (χ3v) is 2.74. The van der Waals surface area contributed by atoms with Crippen molar-refractivity contribution in [3.8, 4) is 0 Å². The fourth-order valence-electron chi connectivity index (χ4n) is 1.79.